The molecule has 0 radical (unpaired) electrons. The summed E-state index contributed by atoms with van der Waals surface area (Å²) in [6, 6.07) is 4.49. The lowest BCUT2D eigenvalue weighted by Crippen LogP contribution is -2.39. The van der Waals surface area contributed by atoms with E-state index >= 15 is 0 Å². The minimum absolute atomic E-state index is 0. The van der Waals surface area contributed by atoms with Crippen molar-refractivity contribution in [1.82, 2.24) is 15.6 Å². The zero-order chi connectivity index (χ0) is 16.3. The monoisotopic (exact) mass is 448 g/mol. The van der Waals surface area contributed by atoms with E-state index in [-0.39, 0.29) is 24.0 Å². The SMILES string of the molecule is CCCCNC(=NCc1cccnc1OCCOC)NC1CC1.I. The molecule has 0 unspecified atom stereocenters. The van der Waals surface area contributed by atoms with Crippen LogP contribution in [0.5, 0.6) is 5.88 Å². The van der Waals surface area contributed by atoms with Gasteiger partial charge in [-0.1, -0.05) is 19.4 Å². The second kappa shape index (κ2) is 12.3. The highest BCUT2D eigenvalue weighted by molar-refractivity contribution is 14.0. The molecule has 0 amide bonds. The summed E-state index contributed by atoms with van der Waals surface area (Å²) in [5.41, 5.74) is 0.982. The summed E-state index contributed by atoms with van der Waals surface area (Å²) in [5.74, 6) is 1.51. The van der Waals surface area contributed by atoms with Crippen LogP contribution in [0.3, 0.4) is 0 Å². The van der Waals surface area contributed by atoms with Crippen LogP contribution in [0.15, 0.2) is 23.3 Å². The van der Waals surface area contributed by atoms with Crippen molar-refractivity contribution in [2.75, 3.05) is 26.9 Å². The minimum atomic E-state index is 0. The Hall–Kier alpha value is -1.09. The van der Waals surface area contributed by atoms with Crippen molar-refractivity contribution in [2.45, 2.75) is 45.2 Å². The molecule has 1 heterocycles. The molecule has 1 saturated carbocycles. The van der Waals surface area contributed by atoms with Gasteiger partial charge in [0.25, 0.3) is 0 Å². The largest absolute Gasteiger partial charge is 0.475 e. The second-order valence-electron chi connectivity index (χ2n) is 5.67. The Bertz CT molecular complexity index is 495. The number of guanidine groups is 1. The second-order valence-corrected chi connectivity index (χ2v) is 5.67. The number of hydrogen-bond donors (Lipinski definition) is 2. The van der Waals surface area contributed by atoms with Gasteiger partial charge in [0.1, 0.15) is 6.61 Å². The molecule has 1 aromatic heterocycles. The van der Waals surface area contributed by atoms with Crippen LogP contribution in [0, 0.1) is 0 Å². The molecule has 0 saturated heterocycles. The standard InChI is InChI=1S/C17H28N4O2.HI/c1-3-4-9-19-17(21-15-7-8-15)20-13-14-6-5-10-18-16(14)23-12-11-22-2;/h5-6,10,15H,3-4,7-9,11-13H2,1-2H3,(H2,19,20,21);1H. The molecular formula is C17H29IN4O2. The van der Waals surface area contributed by atoms with E-state index in [0.29, 0.717) is 31.7 Å². The van der Waals surface area contributed by atoms with Crippen LogP contribution in [-0.4, -0.2) is 43.9 Å². The van der Waals surface area contributed by atoms with Crippen LogP contribution in [0.1, 0.15) is 38.2 Å². The van der Waals surface area contributed by atoms with Crippen LogP contribution in [0.2, 0.25) is 0 Å². The van der Waals surface area contributed by atoms with Crippen molar-refractivity contribution in [3.05, 3.63) is 23.9 Å². The molecule has 1 aromatic rings. The van der Waals surface area contributed by atoms with Crippen LogP contribution in [-0.2, 0) is 11.3 Å². The number of aromatic nitrogens is 1. The molecule has 0 spiro atoms. The molecule has 1 fully saturated rings. The van der Waals surface area contributed by atoms with Gasteiger partial charge in [-0.2, -0.15) is 0 Å². The molecule has 1 aliphatic rings. The molecule has 6 nitrogen and oxygen atoms in total. The van der Waals surface area contributed by atoms with Gasteiger partial charge in [-0.3, -0.25) is 0 Å². The van der Waals surface area contributed by atoms with E-state index in [9.17, 15) is 0 Å². The first-order valence-corrected chi connectivity index (χ1v) is 8.44. The van der Waals surface area contributed by atoms with Gasteiger partial charge in [0.2, 0.25) is 5.88 Å². The Labute approximate surface area is 161 Å². The first-order chi connectivity index (χ1) is 11.3. The summed E-state index contributed by atoms with van der Waals surface area (Å²) >= 11 is 0. The number of aliphatic imine (C=N–C) groups is 1. The average molecular weight is 448 g/mol. The number of rotatable bonds is 10. The van der Waals surface area contributed by atoms with Crippen molar-refractivity contribution >= 4 is 29.9 Å². The van der Waals surface area contributed by atoms with Gasteiger partial charge in [-0.15, -0.1) is 24.0 Å². The van der Waals surface area contributed by atoms with Crippen LogP contribution >= 0.6 is 24.0 Å². The van der Waals surface area contributed by atoms with Gasteiger partial charge in [0, 0.05) is 31.5 Å². The van der Waals surface area contributed by atoms with Gasteiger partial charge in [-0.25, -0.2) is 9.98 Å². The van der Waals surface area contributed by atoms with Crippen molar-refractivity contribution in [3.63, 3.8) is 0 Å². The average Bonchev–Trinajstić information content (AvgIpc) is 3.38. The van der Waals surface area contributed by atoms with Crippen LogP contribution < -0.4 is 15.4 Å². The lowest BCUT2D eigenvalue weighted by atomic mass is 10.3. The molecule has 0 aromatic carbocycles. The van der Waals surface area contributed by atoms with E-state index in [2.05, 4.69) is 27.5 Å². The maximum absolute atomic E-state index is 5.66. The normalized spacial score (nSPS) is 14.0. The number of hydrogen-bond acceptors (Lipinski definition) is 4. The van der Waals surface area contributed by atoms with Crippen molar-refractivity contribution in [1.29, 1.82) is 0 Å². The van der Waals surface area contributed by atoms with Crippen molar-refractivity contribution in [2.24, 2.45) is 4.99 Å². The summed E-state index contributed by atoms with van der Waals surface area (Å²) in [6.45, 7) is 4.72. The van der Waals surface area contributed by atoms with Gasteiger partial charge >= 0.3 is 0 Å². The van der Waals surface area contributed by atoms with E-state index in [1.807, 2.05) is 12.1 Å². The van der Waals surface area contributed by atoms with Crippen LogP contribution in [0.25, 0.3) is 0 Å². The number of methoxy groups -OCH3 is 1. The molecule has 1 aliphatic carbocycles. The quantitative estimate of drug-likeness (QED) is 0.249. The summed E-state index contributed by atoms with van der Waals surface area (Å²) in [4.78, 5) is 8.97. The lowest BCUT2D eigenvalue weighted by Gasteiger charge is -2.12. The van der Waals surface area contributed by atoms with Gasteiger partial charge in [0.05, 0.1) is 13.2 Å². The van der Waals surface area contributed by atoms with Gasteiger partial charge in [-0.05, 0) is 25.3 Å². The Morgan fingerprint density at radius 2 is 2.21 bits per heavy atom. The number of ether oxygens (including phenoxy) is 2. The molecule has 24 heavy (non-hydrogen) atoms. The molecule has 136 valence electrons. The molecule has 2 rings (SSSR count). The maximum Gasteiger partial charge on any atom is 0.218 e. The zero-order valence-electron chi connectivity index (χ0n) is 14.6. The fourth-order valence-electron chi connectivity index (χ4n) is 2.02. The highest BCUT2D eigenvalue weighted by Gasteiger charge is 2.22. The summed E-state index contributed by atoms with van der Waals surface area (Å²) in [6.07, 6.45) is 6.51. The Morgan fingerprint density at radius 3 is 2.92 bits per heavy atom. The molecule has 2 N–H and O–H groups in total. The lowest BCUT2D eigenvalue weighted by molar-refractivity contribution is 0.143. The number of nitrogens with zero attached hydrogens (tertiary/aromatic N) is 2. The molecule has 0 aliphatic heterocycles. The van der Waals surface area contributed by atoms with E-state index in [1.165, 1.54) is 19.3 Å². The molecular weight excluding hydrogens is 419 g/mol. The zero-order valence-corrected chi connectivity index (χ0v) is 16.9. The molecule has 0 bridgehead atoms. The first-order valence-electron chi connectivity index (χ1n) is 8.44. The predicted octanol–water partition coefficient (Wildman–Crippen LogP) is 2.72. The predicted molar refractivity (Wildman–Crippen MR) is 107 cm³/mol. The number of unbranched alkanes of at least 4 members (excludes halogenated alkanes) is 1. The van der Waals surface area contributed by atoms with E-state index in [4.69, 9.17) is 9.47 Å². The Balaban J connectivity index is 0.00000288. The third kappa shape index (κ3) is 8.14. The first kappa shape index (κ1) is 21.0. The topological polar surface area (TPSA) is 67.8 Å². The van der Waals surface area contributed by atoms with Crippen LogP contribution in [0.4, 0.5) is 0 Å². The summed E-state index contributed by atoms with van der Waals surface area (Å²) in [7, 11) is 1.66. The van der Waals surface area contributed by atoms with Crippen molar-refractivity contribution < 1.29 is 9.47 Å². The fraction of sp³-hybridized carbons (Fsp3) is 0.647. The fourth-order valence-corrected chi connectivity index (χ4v) is 2.02. The summed E-state index contributed by atoms with van der Waals surface area (Å²) in [5, 5.41) is 6.84. The highest BCUT2D eigenvalue weighted by atomic mass is 127. The summed E-state index contributed by atoms with van der Waals surface area (Å²) < 4.78 is 10.7. The Kier molecular flexibility index (Phi) is 10.7. The minimum Gasteiger partial charge on any atom is -0.475 e. The van der Waals surface area contributed by atoms with E-state index in [0.717, 1.165) is 24.5 Å². The van der Waals surface area contributed by atoms with Gasteiger partial charge in [0.15, 0.2) is 5.96 Å². The van der Waals surface area contributed by atoms with E-state index < -0.39 is 0 Å². The van der Waals surface area contributed by atoms with E-state index in [1.54, 1.807) is 13.3 Å². The highest BCUT2D eigenvalue weighted by Crippen LogP contribution is 2.19. The smallest absolute Gasteiger partial charge is 0.218 e. The number of nitrogens with one attached hydrogen (secondary N) is 2. The van der Waals surface area contributed by atoms with Crippen molar-refractivity contribution in [3.8, 4) is 5.88 Å². The molecule has 7 heteroatoms. The third-order valence-corrected chi connectivity index (χ3v) is 3.52. The Morgan fingerprint density at radius 1 is 1.38 bits per heavy atom. The third-order valence-electron chi connectivity index (χ3n) is 3.52. The van der Waals surface area contributed by atoms with Gasteiger partial charge < -0.3 is 20.1 Å². The number of halogens is 1. The molecule has 0 atom stereocenters. The maximum atomic E-state index is 5.66. The number of pyridine rings is 1.